The number of rotatable bonds is 4. The quantitative estimate of drug-likeness (QED) is 0.762. The molecule has 21 heavy (non-hydrogen) atoms. The van der Waals surface area contributed by atoms with Crippen LogP contribution < -0.4 is 5.32 Å². The Bertz CT molecular complexity index is 502. The molecule has 3 rings (SSSR count). The van der Waals surface area contributed by atoms with Crippen molar-refractivity contribution < 1.29 is 9.90 Å². The van der Waals surface area contributed by atoms with Crippen LogP contribution in [0.15, 0.2) is 6.07 Å². The van der Waals surface area contributed by atoms with Crippen molar-refractivity contribution in [3.05, 3.63) is 17.5 Å². The van der Waals surface area contributed by atoms with E-state index in [1.54, 1.807) is 0 Å². The Morgan fingerprint density at radius 2 is 2.38 bits per heavy atom. The minimum atomic E-state index is -0.208. The van der Waals surface area contributed by atoms with Crippen LogP contribution in [-0.2, 0) is 6.42 Å². The van der Waals surface area contributed by atoms with E-state index in [2.05, 4.69) is 20.4 Å². The second-order valence-electron chi connectivity index (χ2n) is 6.15. The van der Waals surface area contributed by atoms with Gasteiger partial charge in [-0.25, -0.2) is 0 Å². The standard InChI is InChI=1S/C15H24N4O2/c1-2-10-8-13(18-17-10)15(21)16-12-4-3-5-14(12)19-7-6-11(20)9-19/h8,11-12,14,20H,2-7,9H2,1H3,(H,16,21)(H,17,18)/t11?,12-,14+/m1/s1. The van der Waals surface area contributed by atoms with Gasteiger partial charge in [-0.05, 0) is 38.2 Å². The van der Waals surface area contributed by atoms with Gasteiger partial charge in [0.2, 0.25) is 0 Å². The smallest absolute Gasteiger partial charge is 0.272 e. The second-order valence-corrected chi connectivity index (χ2v) is 6.15. The highest BCUT2D eigenvalue weighted by Crippen LogP contribution is 2.27. The van der Waals surface area contributed by atoms with Crippen molar-refractivity contribution in [3.8, 4) is 0 Å². The van der Waals surface area contributed by atoms with Crippen LogP contribution in [0.3, 0.4) is 0 Å². The number of carbonyl (C=O) groups is 1. The summed E-state index contributed by atoms with van der Waals surface area (Å²) in [6.07, 6.45) is 4.71. The molecule has 3 atom stereocenters. The molecule has 2 aliphatic rings. The largest absolute Gasteiger partial charge is 0.392 e. The third-order valence-corrected chi connectivity index (χ3v) is 4.70. The number of hydrogen-bond donors (Lipinski definition) is 3. The predicted molar refractivity (Wildman–Crippen MR) is 79.1 cm³/mol. The summed E-state index contributed by atoms with van der Waals surface area (Å²) >= 11 is 0. The number of β-amino-alcohol motifs (C(OH)–C–C–N with tert-alkyl or cyclic N) is 1. The van der Waals surface area contributed by atoms with Crippen molar-refractivity contribution >= 4 is 5.91 Å². The van der Waals surface area contributed by atoms with Gasteiger partial charge in [-0.3, -0.25) is 14.8 Å². The van der Waals surface area contributed by atoms with Gasteiger partial charge in [-0.2, -0.15) is 5.10 Å². The Kier molecular flexibility index (Phi) is 4.26. The van der Waals surface area contributed by atoms with Crippen molar-refractivity contribution in [1.82, 2.24) is 20.4 Å². The highest BCUT2D eigenvalue weighted by atomic mass is 16.3. The van der Waals surface area contributed by atoms with Gasteiger partial charge < -0.3 is 10.4 Å². The molecule has 1 aliphatic carbocycles. The molecule has 1 saturated heterocycles. The SMILES string of the molecule is CCc1cc(C(=O)N[C@@H]2CCC[C@@H]2N2CCC(O)C2)n[nH]1. The number of aromatic nitrogens is 2. The van der Waals surface area contributed by atoms with Gasteiger partial charge in [0.1, 0.15) is 5.69 Å². The molecule has 2 heterocycles. The summed E-state index contributed by atoms with van der Waals surface area (Å²) in [5.41, 5.74) is 1.45. The fourth-order valence-corrected chi connectivity index (χ4v) is 3.52. The van der Waals surface area contributed by atoms with Crippen LogP contribution in [0, 0.1) is 0 Å². The molecule has 1 amide bonds. The molecular weight excluding hydrogens is 268 g/mol. The third-order valence-electron chi connectivity index (χ3n) is 4.70. The van der Waals surface area contributed by atoms with Crippen LogP contribution in [-0.4, -0.2) is 57.4 Å². The van der Waals surface area contributed by atoms with E-state index in [9.17, 15) is 9.90 Å². The Balaban J connectivity index is 1.61. The van der Waals surface area contributed by atoms with Gasteiger partial charge in [-0.15, -0.1) is 0 Å². The zero-order valence-corrected chi connectivity index (χ0v) is 12.5. The lowest BCUT2D eigenvalue weighted by molar-refractivity contribution is 0.0900. The van der Waals surface area contributed by atoms with Gasteiger partial charge in [-0.1, -0.05) is 6.92 Å². The molecule has 2 fully saturated rings. The number of likely N-dealkylation sites (tertiary alicyclic amines) is 1. The highest BCUT2D eigenvalue weighted by molar-refractivity contribution is 5.92. The molecule has 116 valence electrons. The lowest BCUT2D eigenvalue weighted by atomic mass is 10.1. The lowest BCUT2D eigenvalue weighted by Crippen LogP contribution is -2.48. The summed E-state index contributed by atoms with van der Waals surface area (Å²) in [7, 11) is 0. The molecule has 1 aliphatic heterocycles. The summed E-state index contributed by atoms with van der Waals surface area (Å²) < 4.78 is 0. The van der Waals surface area contributed by atoms with Crippen LogP contribution in [0.1, 0.15) is 48.8 Å². The fourth-order valence-electron chi connectivity index (χ4n) is 3.52. The van der Waals surface area contributed by atoms with Crippen LogP contribution in [0.2, 0.25) is 0 Å². The molecular formula is C15H24N4O2. The van der Waals surface area contributed by atoms with Gasteiger partial charge in [0.05, 0.1) is 6.10 Å². The first-order chi connectivity index (χ1) is 10.2. The van der Waals surface area contributed by atoms with E-state index in [1.165, 1.54) is 0 Å². The number of H-pyrrole nitrogens is 1. The Morgan fingerprint density at radius 3 is 3.05 bits per heavy atom. The molecule has 6 nitrogen and oxygen atoms in total. The summed E-state index contributed by atoms with van der Waals surface area (Å²) in [4.78, 5) is 14.6. The molecule has 1 aromatic heterocycles. The zero-order chi connectivity index (χ0) is 14.8. The first-order valence-electron chi connectivity index (χ1n) is 7.94. The van der Waals surface area contributed by atoms with E-state index in [0.717, 1.165) is 50.9 Å². The average molecular weight is 292 g/mol. The molecule has 0 spiro atoms. The Hall–Kier alpha value is -1.40. The average Bonchev–Trinajstić information content (AvgIpc) is 3.17. The molecule has 1 saturated carbocycles. The molecule has 1 aromatic rings. The van der Waals surface area contributed by atoms with Crippen molar-refractivity contribution in [3.63, 3.8) is 0 Å². The number of amides is 1. The monoisotopic (exact) mass is 292 g/mol. The number of nitrogens with one attached hydrogen (secondary N) is 2. The van der Waals surface area contributed by atoms with Crippen molar-refractivity contribution in [1.29, 1.82) is 0 Å². The fraction of sp³-hybridized carbons (Fsp3) is 0.733. The Labute approximate surface area is 124 Å². The van der Waals surface area contributed by atoms with Crippen LogP contribution in [0.5, 0.6) is 0 Å². The summed E-state index contributed by atoms with van der Waals surface area (Å²) in [5.74, 6) is -0.0948. The number of aromatic amines is 1. The van der Waals surface area contributed by atoms with Crippen LogP contribution in [0.25, 0.3) is 0 Å². The van der Waals surface area contributed by atoms with Gasteiger partial charge in [0.15, 0.2) is 0 Å². The molecule has 0 bridgehead atoms. The van der Waals surface area contributed by atoms with Crippen molar-refractivity contribution in [2.75, 3.05) is 13.1 Å². The van der Waals surface area contributed by atoms with E-state index in [0.29, 0.717) is 11.7 Å². The molecule has 0 radical (unpaired) electrons. The van der Waals surface area contributed by atoms with Crippen molar-refractivity contribution in [2.45, 2.75) is 57.2 Å². The maximum absolute atomic E-state index is 12.3. The number of aryl methyl sites for hydroxylation is 1. The maximum Gasteiger partial charge on any atom is 0.272 e. The zero-order valence-electron chi connectivity index (χ0n) is 12.5. The number of aliphatic hydroxyl groups is 1. The van der Waals surface area contributed by atoms with E-state index >= 15 is 0 Å². The van der Waals surface area contributed by atoms with Gasteiger partial charge in [0.25, 0.3) is 5.91 Å². The van der Waals surface area contributed by atoms with E-state index in [4.69, 9.17) is 0 Å². The van der Waals surface area contributed by atoms with E-state index < -0.39 is 0 Å². The second kappa shape index (κ2) is 6.15. The highest BCUT2D eigenvalue weighted by Gasteiger charge is 2.36. The van der Waals surface area contributed by atoms with Gasteiger partial charge >= 0.3 is 0 Å². The molecule has 1 unspecified atom stereocenters. The lowest BCUT2D eigenvalue weighted by Gasteiger charge is -2.29. The number of carbonyl (C=O) groups excluding carboxylic acids is 1. The molecule has 3 N–H and O–H groups in total. The third kappa shape index (κ3) is 3.11. The predicted octanol–water partition coefficient (Wildman–Crippen LogP) is 0.690. The minimum absolute atomic E-state index is 0.0948. The summed E-state index contributed by atoms with van der Waals surface area (Å²) in [6, 6.07) is 2.35. The maximum atomic E-state index is 12.3. The summed E-state index contributed by atoms with van der Waals surface area (Å²) in [6.45, 7) is 3.70. The minimum Gasteiger partial charge on any atom is -0.392 e. The Morgan fingerprint density at radius 1 is 1.52 bits per heavy atom. The number of hydrogen-bond acceptors (Lipinski definition) is 4. The van der Waals surface area contributed by atoms with Crippen LogP contribution >= 0.6 is 0 Å². The van der Waals surface area contributed by atoms with E-state index in [1.807, 2.05) is 13.0 Å². The summed E-state index contributed by atoms with van der Waals surface area (Å²) in [5, 5.41) is 19.8. The van der Waals surface area contributed by atoms with Gasteiger partial charge in [0, 0.05) is 30.9 Å². The number of nitrogens with zero attached hydrogens (tertiary/aromatic N) is 2. The van der Waals surface area contributed by atoms with Crippen molar-refractivity contribution in [2.24, 2.45) is 0 Å². The topological polar surface area (TPSA) is 81.2 Å². The molecule has 0 aromatic carbocycles. The first kappa shape index (κ1) is 14.5. The van der Waals surface area contributed by atoms with E-state index in [-0.39, 0.29) is 18.1 Å². The normalized spacial score (nSPS) is 29.9. The molecule has 6 heteroatoms. The number of aliphatic hydroxyl groups excluding tert-OH is 1. The van der Waals surface area contributed by atoms with Crippen LogP contribution in [0.4, 0.5) is 0 Å². The first-order valence-corrected chi connectivity index (χ1v) is 7.94.